The topological polar surface area (TPSA) is 38.3 Å². The first-order valence-electron chi connectivity index (χ1n) is 6.31. The van der Waals surface area contributed by atoms with Gasteiger partial charge < -0.3 is 10.1 Å². The molecule has 3 nitrogen and oxygen atoms in total. The highest BCUT2D eigenvalue weighted by Crippen LogP contribution is 2.31. The summed E-state index contributed by atoms with van der Waals surface area (Å²) in [6.45, 7) is 5.08. The van der Waals surface area contributed by atoms with Gasteiger partial charge in [-0.15, -0.1) is 0 Å². The Morgan fingerprint density at radius 3 is 2.38 bits per heavy atom. The zero-order chi connectivity index (χ0) is 16.3. The van der Waals surface area contributed by atoms with Crippen LogP contribution in [0.25, 0.3) is 0 Å². The second-order valence-electron chi connectivity index (χ2n) is 5.46. The van der Waals surface area contributed by atoms with Crippen LogP contribution in [0.15, 0.2) is 18.2 Å². The predicted molar refractivity (Wildman–Crippen MR) is 70.4 cm³/mol. The van der Waals surface area contributed by atoms with Gasteiger partial charge >= 0.3 is 12.1 Å². The molecule has 0 heterocycles. The molecule has 0 aliphatic heterocycles. The van der Waals surface area contributed by atoms with Gasteiger partial charge in [-0.3, -0.25) is 4.79 Å². The quantitative estimate of drug-likeness (QED) is 0.675. The van der Waals surface area contributed by atoms with Gasteiger partial charge in [0.1, 0.15) is 11.4 Å². The summed E-state index contributed by atoms with van der Waals surface area (Å²) in [5.41, 5.74) is -1.89. The van der Waals surface area contributed by atoms with E-state index in [2.05, 4.69) is 5.32 Å². The molecule has 1 aromatic carbocycles. The average Bonchev–Trinajstić information content (AvgIpc) is 2.27. The van der Waals surface area contributed by atoms with E-state index in [9.17, 15) is 22.4 Å². The largest absolute Gasteiger partial charge is 0.460 e. The van der Waals surface area contributed by atoms with E-state index in [4.69, 9.17) is 4.74 Å². The van der Waals surface area contributed by atoms with Gasteiger partial charge in [0.15, 0.2) is 0 Å². The van der Waals surface area contributed by atoms with Gasteiger partial charge in [-0.25, -0.2) is 4.39 Å². The molecule has 1 N–H and O–H groups in total. The van der Waals surface area contributed by atoms with Crippen LogP contribution in [0.2, 0.25) is 0 Å². The van der Waals surface area contributed by atoms with E-state index < -0.39 is 29.1 Å². The number of rotatable bonds is 4. The van der Waals surface area contributed by atoms with E-state index in [-0.39, 0.29) is 18.7 Å². The summed E-state index contributed by atoms with van der Waals surface area (Å²) < 4.78 is 56.0. The van der Waals surface area contributed by atoms with Crippen LogP contribution in [-0.4, -0.2) is 18.1 Å². The monoisotopic (exact) mass is 307 g/mol. The molecule has 7 heteroatoms. The fourth-order valence-corrected chi connectivity index (χ4v) is 1.53. The maximum Gasteiger partial charge on any atom is 0.416 e. The van der Waals surface area contributed by atoms with Gasteiger partial charge in [-0.2, -0.15) is 13.2 Å². The summed E-state index contributed by atoms with van der Waals surface area (Å²) >= 11 is 0. The fraction of sp³-hybridized carbons (Fsp3) is 0.500. The average molecular weight is 307 g/mol. The van der Waals surface area contributed by atoms with Crippen molar-refractivity contribution in [1.82, 2.24) is 0 Å². The number of esters is 1. The third-order valence-electron chi connectivity index (χ3n) is 2.36. The van der Waals surface area contributed by atoms with Crippen LogP contribution >= 0.6 is 0 Å². The summed E-state index contributed by atoms with van der Waals surface area (Å²) in [6.07, 6.45) is -4.62. The highest BCUT2D eigenvalue weighted by Gasteiger charge is 2.31. The summed E-state index contributed by atoms with van der Waals surface area (Å²) in [6, 6.07) is 2.07. The van der Waals surface area contributed by atoms with Crippen molar-refractivity contribution in [3.63, 3.8) is 0 Å². The first kappa shape index (κ1) is 17.3. The minimum atomic E-state index is -4.55. The summed E-state index contributed by atoms with van der Waals surface area (Å²) in [5.74, 6) is -1.32. The van der Waals surface area contributed by atoms with Crippen LogP contribution in [0.3, 0.4) is 0 Å². The molecule has 0 bridgehead atoms. The van der Waals surface area contributed by atoms with Gasteiger partial charge in [-0.05, 0) is 39.0 Å². The van der Waals surface area contributed by atoms with Gasteiger partial charge in [0.2, 0.25) is 0 Å². The number of carbonyl (C=O) groups excluding carboxylic acids is 1. The number of hydrogen-bond acceptors (Lipinski definition) is 3. The lowest BCUT2D eigenvalue weighted by Gasteiger charge is -2.19. The number of ether oxygens (including phenoxy) is 1. The van der Waals surface area contributed by atoms with Crippen molar-refractivity contribution < 1.29 is 27.1 Å². The number of nitrogens with one attached hydrogen (secondary N) is 1. The highest BCUT2D eigenvalue weighted by molar-refractivity contribution is 5.70. The molecule has 21 heavy (non-hydrogen) atoms. The molecule has 0 saturated heterocycles. The molecule has 0 amide bonds. The minimum absolute atomic E-state index is 0.0207. The molecule has 0 saturated carbocycles. The maximum atomic E-state index is 13.4. The SMILES string of the molecule is CC(C)(C)OC(=O)CCNc1cc(C(F)(F)F)ccc1F. The van der Waals surface area contributed by atoms with Gasteiger partial charge in [0.25, 0.3) is 0 Å². The predicted octanol–water partition coefficient (Wildman–Crippen LogP) is 3.99. The third kappa shape index (κ3) is 6.01. The molecule has 0 radical (unpaired) electrons. The summed E-state index contributed by atoms with van der Waals surface area (Å²) in [4.78, 5) is 11.4. The Labute approximate surface area is 120 Å². The van der Waals surface area contributed by atoms with E-state index in [1.54, 1.807) is 20.8 Å². The lowest BCUT2D eigenvalue weighted by Crippen LogP contribution is -2.25. The van der Waals surface area contributed by atoms with E-state index in [1.807, 2.05) is 0 Å². The second-order valence-corrected chi connectivity index (χ2v) is 5.46. The molecule has 1 rings (SSSR count). The molecule has 0 fully saturated rings. The maximum absolute atomic E-state index is 13.4. The summed E-state index contributed by atoms with van der Waals surface area (Å²) in [5, 5.41) is 2.47. The number of benzene rings is 1. The molecule has 0 aliphatic carbocycles. The molecular formula is C14H17F4NO2. The first-order valence-corrected chi connectivity index (χ1v) is 6.31. The van der Waals surface area contributed by atoms with Crippen molar-refractivity contribution in [2.24, 2.45) is 0 Å². The number of alkyl halides is 3. The number of anilines is 1. The van der Waals surface area contributed by atoms with Crippen molar-refractivity contribution >= 4 is 11.7 Å². The third-order valence-corrected chi connectivity index (χ3v) is 2.36. The van der Waals surface area contributed by atoms with Gasteiger partial charge in [0, 0.05) is 6.54 Å². The standard InChI is InChI=1S/C14H17F4NO2/c1-13(2,3)21-12(20)6-7-19-11-8-9(14(16,17)18)4-5-10(11)15/h4-5,8,19H,6-7H2,1-3H3. The molecule has 1 aromatic rings. The molecule has 0 spiro atoms. The Bertz CT molecular complexity index is 507. The van der Waals surface area contributed by atoms with Gasteiger partial charge in [-0.1, -0.05) is 0 Å². The van der Waals surface area contributed by atoms with Crippen molar-refractivity contribution in [2.45, 2.75) is 39.0 Å². The van der Waals surface area contributed by atoms with Crippen LogP contribution < -0.4 is 5.32 Å². The van der Waals surface area contributed by atoms with E-state index >= 15 is 0 Å². The van der Waals surface area contributed by atoms with E-state index in [1.165, 1.54) is 0 Å². The van der Waals surface area contributed by atoms with Gasteiger partial charge in [0.05, 0.1) is 17.7 Å². The molecular weight excluding hydrogens is 290 g/mol. The lowest BCUT2D eigenvalue weighted by molar-refractivity contribution is -0.154. The van der Waals surface area contributed by atoms with Crippen molar-refractivity contribution in [2.75, 3.05) is 11.9 Å². The zero-order valence-corrected chi connectivity index (χ0v) is 12.0. The Kier molecular flexibility index (Phi) is 5.20. The van der Waals surface area contributed by atoms with Crippen molar-refractivity contribution in [3.05, 3.63) is 29.6 Å². The normalized spacial score (nSPS) is 12.1. The second kappa shape index (κ2) is 6.32. The van der Waals surface area contributed by atoms with Crippen molar-refractivity contribution in [3.8, 4) is 0 Å². The Morgan fingerprint density at radius 2 is 1.86 bits per heavy atom. The fourth-order valence-electron chi connectivity index (χ4n) is 1.53. The molecule has 118 valence electrons. The van der Waals surface area contributed by atoms with Crippen LogP contribution in [0, 0.1) is 5.82 Å². The van der Waals surface area contributed by atoms with Crippen LogP contribution in [0.4, 0.5) is 23.2 Å². The molecule has 0 atom stereocenters. The van der Waals surface area contributed by atoms with Crippen molar-refractivity contribution in [1.29, 1.82) is 0 Å². The summed E-state index contributed by atoms with van der Waals surface area (Å²) in [7, 11) is 0. The lowest BCUT2D eigenvalue weighted by atomic mass is 10.2. The Hall–Kier alpha value is -1.79. The number of carbonyl (C=O) groups is 1. The number of hydrogen-bond donors (Lipinski definition) is 1. The molecule has 0 unspecified atom stereocenters. The highest BCUT2D eigenvalue weighted by atomic mass is 19.4. The van der Waals surface area contributed by atoms with Crippen LogP contribution in [0.1, 0.15) is 32.8 Å². The van der Waals surface area contributed by atoms with E-state index in [0.717, 1.165) is 6.07 Å². The smallest absolute Gasteiger partial charge is 0.416 e. The van der Waals surface area contributed by atoms with E-state index in [0.29, 0.717) is 12.1 Å². The molecule has 0 aromatic heterocycles. The Morgan fingerprint density at radius 1 is 1.24 bits per heavy atom. The minimum Gasteiger partial charge on any atom is -0.460 e. The molecule has 0 aliphatic rings. The first-order chi connectivity index (χ1) is 9.49. The van der Waals surface area contributed by atoms with Crippen LogP contribution in [-0.2, 0) is 15.7 Å². The van der Waals surface area contributed by atoms with Crippen LogP contribution in [0.5, 0.6) is 0 Å². The Balaban J connectivity index is 2.62. The number of halogens is 4. The zero-order valence-electron chi connectivity index (χ0n) is 12.0.